The van der Waals surface area contributed by atoms with E-state index >= 15 is 0 Å². The highest BCUT2D eigenvalue weighted by molar-refractivity contribution is 6.17. The number of hydrogen-bond donors (Lipinski definition) is 0. The lowest BCUT2D eigenvalue weighted by Gasteiger charge is -2.32. The SMILES string of the molecule is CN1C(c2ccccc2)=NC(n2c3ccccc3c3cc(-c4ccc5c(c4)C(C)(C)c4ccccc4-5)ccc32)=NC1c1ccccc1. The monoisotopic (exact) mass is 606 g/mol. The number of fused-ring (bicyclic) bond motifs is 6. The topological polar surface area (TPSA) is 32.9 Å². The van der Waals surface area contributed by atoms with Crippen LogP contribution in [0.5, 0.6) is 0 Å². The van der Waals surface area contributed by atoms with E-state index < -0.39 is 0 Å². The molecule has 6 aromatic carbocycles. The predicted molar refractivity (Wildman–Crippen MR) is 195 cm³/mol. The first-order chi connectivity index (χ1) is 23.0. The Kier molecular flexibility index (Phi) is 6.10. The molecule has 1 aliphatic carbocycles. The van der Waals surface area contributed by atoms with Crippen molar-refractivity contribution in [2.24, 2.45) is 9.98 Å². The second-order valence-corrected chi connectivity index (χ2v) is 13.1. The number of para-hydroxylation sites is 1. The number of aliphatic imine (C=N–C) groups is 2. The lowest BCUT2D eigenvalue weighted by Crippen LogP contribution is -2.36. The predicted octanol–water partition coefficient (Wildman–Crippen LogP) is 10.1. The quantitative estimate of drug-likeness (QED) is 0.197. The van der Waals surface area contributed by atoms with E-state index in [4.69, 9.17) is 9.98 Å². The van der Waals surface area contributed by atoms with E-state index in [9.17, 15) is 0 Å². The van der Waals surface area contributed by atoms with Crippen molar-refractivity contribution in [1.82, 2.24) is 9.47 Å². The Morgan fingerprint density at radius 2 is 1.19 bits per heavy atom. The molecule has 1 unspecified atom stereocenters. The van der Waals surface area contributed by atoms with Crippen LogP contribution in [0.4, 0.5) is 0 Å². The highest BCUT2D eigenvalue weighted by Crippen LogP contribution is 2.49. The summed E-state index contributed by atoms with van der Waals surface area (Å²) in [5, 5.41) is 2.38. The molecule has 9 rings (SSSR count). The molecule has 0 bridgehead atoms. The van der Waals surface area contributed by atoms with Crippen LogP contribution in [0.15, 0.2) is 156 Å². The Labute approximate surface area is 275 Å². The molecule has 0 N–H and O–H groups in total. The van der Waals surface area contributed by atoms with E-state index in [-0.39, 0.29) is 11.6 Å². The Morgan fingerprint density at radius 3 is 2.02 bits per heavy atom. The van der Waals surface area contributed by atoms with Crippen molar-refractivity contribution >= 4 is 33.6 Å². The molecular formula is C43H34N4. The molecular weight excluding hydrogens is 573 g/mol. The number of rotatable bonds is 3. The third-order valence-electron chi connectivity index (χ3n) is 10.1. The van der Waals surface area contributed by atoms with Gasteiger partial charge in [-0.25, -0.2) is 4.99 Å². The van der Waals surface area contributed by atoms with E-state index in [2.05, 4.69) is 170 Å². The van der Waals surface area contributed by atoms with Crippen molar-refractivity contribution in [3.8, 4) is 22.3 Å². The van der Waals surface area contributed by atoms with Gasteiger partial charge in [-0.15, -0.1) is 0 Å². The molecule has 2 aliphatic rings. The largest absolute Gasteiger partial charge is 0.333 e. The normalized spacial score (nSPS) is 16.6. The van der Waals surface area contributed by atoms with Gasteiger partial charge >= 0.3 is 0 Å². The van der Waals surface area contributed by atoms with Crippen LogP contribution in [0.3, 0.4) is 0 Å². The van der Waals surface area contributed by atoms with Gasteiger partial charge in [0, 0.05) is 28.8 Å². The van der Waals surface area contributed by atoms with Crippen LogP contribution in [-0.4, -0.2) is 28.3 Å². The van der Waals surface area contributed by atoms with Crippen LogP contribution in [-0.2, 0) is 5.41 Å². The lowest BCUT2D eigenvalue weighted by molar-refractivity contribution is 0.381. The summed E-state index contributed by atoms with van der Waals surface area (Å²) >= 11 is 0. The van der Waals surface area contributed by atoms with Crippen molar-refractivity contribution in [3.63, 3.8) is 0 Å². The van der Waals surface area contributed by atoms with Crippen LogP contribution in [0.2, 0.25) is 0 Å². The van der Waals surface area contributed by atoms with E-state index in [1.165, 1.54) is 44.2 Å². The van der Waals surface area contributed by atoms with Crippen molar-refractivity contribution in [3.05, 3.63) is 168 Å². The first-order valence-corrected chi connectivity index (χ1v) is 16.3. The molecule has 0 amide bonds. The number of amidine groups is 1. The zero-order chi connectivity index (χ0) is 31.7. The van der Waals surface area contributed by atoms with Gasteiger partial charge in [-0.3, -0.25) is 4.57 Å². The summed E-state index contributed by atoms with van der Waals surface area (Å²) in [6.07, 6.45) is -0.215. The summed E-state index contributed by atoms with van der Waals surface area (Å²) in [5.74, 6) is 1.58. The highest BCUT2D eigenvalue weighted by Gasteiger charge is 2.35. The maximum absolute atomic E-state index is 5.33. The maximum Gasteiger partial charge on any atom is 0.234 e. The Bertz CT molecular complexity index is 2400. The van der Waals surface area contributed by atoms with Gasteiger partial charge in [-0.2, -0.15) is 4.99 Å². The number of nitrogens with zero attached hydrogens (tertiary/aromatic N) is 4. The van der Waals surface area contributed by atoms with Gasteiger partial charge in [0.05, 0.1) is 11.0 Å². The minimum atomic E-state index is -0.215. The zero-order valence-electron chi connectivity index (χ0n) is 26.7. The Balaban J connectivity index is 1.22. The van der Waals surface area contributed by atoms with E-state index in [0.717, 1.165) is 28.0 Å². The molecule has 0 radical (unpaired) electrons. The molecule has 1 atom stereocenters. The second-order valence-electron chi connectivity index (χ2n) is 13.1. The lowest BCUT2D eigenvalue weighted by atomic mass is 9.81. The molecule has 47 heavy (non-hydrogen) atoms. The molecule has 0 saturated heterocycles. The number of benzene rings is 6. The van der Waals surface area contributed by atoms with Crippen molar-refractivity contribution < 1.29 is 0 Å². The summed E-state index contributed by atoms with van der Waals surface area (Å²) in [5.41, 5.74) is 12.2. The standard InChI is InChI=1S/C43H34N4/c1-43(2)36-20-12-10-18-32(36)33-24-22-31(27-37(33)43)30-23-25-39-35(26-30)34-19-11-13-21-38(34)47(39)42-44-40(28-14-6-4-7-15-28)46(3)41(45-42)29-16-8-5-9-17-29/h4-27,40H,1-3H3. The van der Waals surface area contributed by atoms with Crippen LogP contribution < -0.4 is 0 Å². The summed E-state index contributed by atoms with van der Waals surface area (Å²) in [6, 6.07) is 52.2. The molecule has 1 aromatic heterocycles. The van der Waals surface area contributed by atoms with Gasteiger partial charge in [0.15, 0.2) is 6.17 Å². The first-order valence-electron chi connectivity index (χ1n) is 16.3. The zero-order valence-corrected chi connectivity index (χ0v) is 26.7. The van der Waals surface area contributed by atoms with E-state index in [0.29, 0.717) is 5.96 Å². The third kappa shape index (κ3) is 4.21. The van der Waals surface area contributed by atoms with Gasteiger partial charge < -0.3 is 4.90 Å². The van der Waals surface area contributed by atoms with Gasteiger partial charge in [0.1, 0.15) is 5.84 Å². The minimum Gasteiger partial charge on any atom is -0.333 e. The fraction of sp³-hybridized carbons (Fsp3) is 0.116. The summed E-state index contributed by atoms with van der Waals surface area (Å²) in [4.78, 5) is 12.8. The average Bonchev–Trinajstić information content (AvgIpc) is 3.57. The van der Waals surface area contributed by atoms with Gasteiger partial charge in [-0.05, 0) is 63.2 Å². The summed E-state index contributed by atoms with van der Waals surface area (Å²) in [6.45, 7) is 4.68. The third-order valence-corrected chi connectivity index (χ3v) is 10.1. The number of aromatic nitrogens is 1. The van der Waals surface area contributed by atoms with E-state index in [1.54, 1.807) is 0 Å². The highest BCUT2D eigenvalue weighted by atomic mass is 15.4. The van der Waals surface area contributed by atoms with Gasteiger partial charge in [-0.1, -0.05) is 135 Å². The fourth-order valence-corrected chi connectivity index (χ4v) is 7.65. The smallest absolute Gasteiger partial charge is 0.234 e. The maximum atomic E-state index is 5.33. The van der Waals surface area contributed by atoms with Crippen LogP contribution >= 0.6 is 0 Å². The molecule has 2 heterocycles. The molecule has 1 aliphatic heterocycles. The molecule has 4 heteroatoms. The molecule has 4 nitrogen and oxygen atoms in total. The summed E-state index contributed by atoms with van der Waals surface area (Å²) < 4.78 is 2.24. The van der Waals surface area contributed by atoms with E-state index in [1.807, 2.05) is 6.07 Å². The second kappa shape index (κ2) is 10.4. The van der Waals surface area contributed by atoms with Crippen molar-refractivity contribution in [1.29, 1.82) is 0 Å². The Morgan fingerprint density at radius 1 is 0.553 bits per heavy atom. The van der Waals surface area contributed by atoms with Crippen molar-refractivity contribution in [2.75, 3.05) is 7.05 Å². The molecule has 7 aromatic rings. The average molecular weight is 607 g/mol. The van der Waals surface area contributed by atoms with Gasteiger partial charge in [0.2, 0.25) is 5.96 Å². The molecule has 226 valence electrons. The number of hydrogen-bond acceptors (Lipinski definition) is 3. The minimum absolute atomic E-state index is 0.0435. The summed E-state index contributed by atoms with van der Waals surface area (Å²) in [7, 11) is 2.08. The first kappa shape index (κ1) is 27.6. The fourth-order valence-electron chi connectivity index (χ4n) is 7.65. The molecule has 0 spiro atoms. The van der Waals surface area contributed by atoms with Crippen LogP contribution in [0.1, 0.15) is 42.3 Å². The van der Waals surface area contributed by atoms with Gasteiger partial charge in [0.25, 0.3) is 0 Å². The molecule has 0 saturated carbocycles. The Hall–Kier alpha value is -5.74. The van der Waals surface area contributed by atoms with Crippen LogP contribution in [0.25, 0.3) is 44.1 Å². The van der Waals surface area contributed by atoms with Crippen LogP contribution in [0, 0.1) is 0 Å². The van der Waals surface area contributed by atoms with Crippen molar-refractivity contribution in [2.45, 2.75) is 25.4 Å². The molecule has 0 fully saturated rings.